The van der Waals surface area contributed by atoms with Crippen LogP contribution in [0.15, 0.2) is 71.5 Å². The first kappa shape index (κ1) is 16.7. The third-order valence-corrected chi connectivity index (χ3v) is 5.31. The molecule has 2 unspecified atom stereocenters. The predicted octanol–water partition coefficient (Wildman–Crippen LogP) is 2.77. The fourth-order valence-corrected chi connectivity index (χ4v) is 3.46. The minimum absolute atomic E-state index is 0.0413. The second kappa shape index (κ2) is 5.42. The fourth-order valence-electron chi connectivity index (χ4n) is 2.46. The molecule has 0 aliphatic carbocycles. The first-order valence-corrected chi connectivity index (χ1v) is 8.70. The Morgan fingerprint density at radius 2 is 1.67 bits per heavy atom. The lowest BCUT2D eigenvalue weighted by Crippen LogP contribution is -2.66. The summed E-state index contributed by atoms with van der Waals surface area (Å²) >= 11 is 0. The van der Waals surface area contributed by atoms with Gasteiger partial charge in [0.25, 0.3) is 11.5 Å². The molecule has 0 fully saturated rings. The highest BCUT2D eigenvalue weighted by atomic mass is 32.2. The number of nitrogens with zero attached hydrogens (tertiary/aromatic N) is 1. The minimum Gasteiger partial charge on any atom is -0.620 e. The Balaban J connectivity index is 1.92. The highest BCUT2D eigenvalue weighted by Gasteiger charge is 2.57. The molecule has 0 saturated carbocycles. The average Bonchev–Trinajstić information content (AvgIpc) is 2.55. The van der Waals surface area contributed by atoms with Gasteiger partial charge in [-0.15, -0.1) is 0 Å². The van der Waals surface area contributed by atoms with Gasteiger partial charge in [0.2, 0.25) is 0 Å². The van der Waals surface area contributed by atoms with Gasteiger partial charge in [-0.3, -0.25) is 4.65 Å². The van der Waals surface area contributed by atoms with Crippen molar-refractivity contribution in [3.05, 3.63) is 77.3 Å². The second-order valence-corrected chi connectivity index (χ2v) is 7.40. The van der Waals surface area contributed by atoms with Gasteiger partial charge in [-0.1, -0.05) is 35.9 Å². The van der Waals surface area contributed by atoms with E-state index < -0.39 is 20.5 Å². The zero-order chi connectivity index (χ0) is 17.6. The summed E-state index contributed by atoms with van der Waals surface area (Å²) in [4.78, 5) is -0.0413. The smallest absolute Gasteiger partial charge is 0.339 e. The van der Waals surface area contributed by atoms with Crippen molar-refractivity contribution in [2.45, 2.75) is 24.5 Å². The van der Waals surface area contributed by atoms with Crippen LogP contribution in [0.1, 0.15) is 12.5 Å². The topological polar surface area (TPSA) is 86.7 Å². The van der Waals surface area contributed by atoms with E-state index in [-0.39, 0.29) is 16.3 Å². The highest BCUT2D eigenvalue weighted by Crippen LogP contribution is 2.45. The summed E-state index contributed by atoms with van der Waals surface area (Å²) in [6.07, 6.45) is 1.04. The number of para-hydroxylation sites is 1. The van der Waals surface area contributed by atoms with Crippen LogP contribution < -0.4 is 4.65 Å². The number of aliphatic hydroxyl groups is 1. The molecule has 0 aromatic heterocycles. The van der Waals surface area contributed by atoms with Crippen molar-refractivity contribution < 1.29 is 17.7 Å². The third kappa shape index (κ3) is 2.51. The van der Waals surface area contributed by atoms with E-state index in [9.17, 15) is 18.7 Å². The molecule has 24 heavy (non-hydrogen) atoms. The maximum atomic E-state index is 12.8. The molecular weight excluding hydrogens is 330 g/mol. The number of hydrogen-bond donors (Lipinski definition) is 1. The molecule has 126 valence electrons. The summed E-state index contributed by atoms with van der Waals surface area (Å²) in [6.45, 7) is 3.06. The van der Waals surface area contributed by atoms with E-state index >= 15 is 0 Å². The summed E-state index contributed by atoms with van der Waals surface area (Å²) in [5, 5.41) is 23.3. The van der Waals surface area contributed by atoms with Crippen LogP contribution in [0.5, 0.6) is 0 Å². The summed E-state index contributed by atoms with van der Waals surface area (Å²) in [7, 11) is -4.12. The third-order valence-electron chi connectivity index (χ3n) is 4.06. The van der Waals surface area contributed by atoms with E-state index in [0.717, 1.165) is 11.8 Å². The van der Waals surface area contributed by atoms with Crippen molar-refractivity contribution in [2.24, 2.45) is 0 Å². The number of hydroxylamine groups is 2. The molecule has 7 heteroatoms. The molecule has 2 atom stereocenters. The van der Waals surface area contributed by atoms with Crippen LogP contribution in [0.3, 0.4) is 0 Å². The molecule has 2 aromatic carbocycles. The molecule has 1 aliphatic heterocycles. The van der Waals surface area contributed by atoms with Crippen LogP contribution in [0.2, 0.25) is 0 Å². The number of hydrogen-bond acceptors (Lipinski definition) is 5. The lowest BCUT2D eigenvalue weighted by atomic mass is 10.0. The van der Waals surface area contributed by atoms with Crippen LogP contribution in [-0.2, 0) is 14.3 Å². The van der Waals surface area contributed by atoms with Gasteiger partial charge in [0.15, 0.2) is 6.20 Å². The van der Waals surface area contributed by atoms with Crippen molar-refractivity contribution in [2.75, 3.05) is 0 Å². The van der Waals surface area contributed by atoms with E-state index in [2.05, 4.69) is 0 Å². The maximum absolute atomic E-state index is 12.8. The minimum atomic E-state index is -4.12. The van der Waals surface area contributed by atoms with Crippen molar-refractivity contribution in [1.82, 2.24) is 4.65 Å². The molecule has 1 heterocycles. The lowest BCUT2D eigenvalue weighted by molar-refractivity contribution is -0.0649. The van der Waals surface area contributed by atoms with E-state index in [4.69, 9.17) is 4.18 Å². The van der Waals surface area contributed by atoms with Gasteiger partial charge in [-0.05, 0) is 31.2 Å². The van der Waals surface area contributed by atoms with Crippen molar-refractivity contribution in [3.63, 3.8) is 0 Å². The molecule has 2 aromatic rings. The SMILES string of the molecule is Cc1ccc(S(=O)(=O)OC2=C[N+]([O-])(c3ccccc3)C2(C)O)cc1. The summed E-state index contributed by atoms with van der Waals surface area (Å²) in [5.41, 5.74) is -0.843. The molecule has 6 nitrogen and oxygen atoms in total. The molecular formula is C17H17NO5S. The maximum Gasteiger partial charge on any atom is 0.339 e. The lowest BCUT2D eigenvalue weighted by Gasteiger charge is -2.54. The van der Waals surface area contributed by atoms with Crippen molar-refractivity contribution in [1.29, 1.82) is 0 Å². The van der Waals surface area contributed by atoms with Gasteiger partial charge < -0.3 is 14.5 Å². The first-order chi connectivity index (χ1) is 11.2. The number of quaternary nitrogens is 1. The van der Waals surface area contributed by atoms with E-state index in [1.165, 1.54) is 19.1 Å². The van der Waals surface area contributed by atoms with Gasteiger partial charge in [-0.2, -0.15) is 8.42 Å². The Morgan fingerprint density at radius 3 is 2.21 bits per heavy atom. The van der Waals surface area contributed by atoms with E-state index in [0.29, 0.717) is 0 Å². The van der Waals surface area contributed by atoms with Crippen LogP contribution in [0, 0.1) is 12.1 Å². The van der Waals surface area contributed by atoms with Gasteiger partial charge >= 0.3 is 10.1 Å². The number of benzene rings is 2. The Kier molecular flexibility index (Phi) is 3.76. The first-order valence-electron chi connectivity index (χ1n) is 7.29. The van der Waals surface area contributed by atoms with Crippen LogP contribution >= 0.6 is 0 Å². The highest BCUT2D eigenvalue weighted by molar-refractivity contribution is 7.86. The molecule has 0 radical (unpaired) electrons. The molecule has 0 amide bonds. The van der Waals surface area contributed by atoms with Gasteiger partial charge in [0.05, 0.1) is 0 Å². The van der Waals surface area contributed by atoms with Crippen molar-refractivity contribution in [3.8, 4) is 0 Å². The molecule has 1 N–H and O–H groups in total. The number of aryl methyl sites for hydroxylation is 1. The van der Waals surface area contributed by atoms with Crippen LogP contribution in [0.25, 0.3) is 0 Å². The number of rotatable bonds is 4. The van der Waals surface area contributed by atoms with Crippen LogP contribution in [0.4, 0.5) is 5.69 Å². The molecule has 0 bridgehead atoms. The molecule has 1 aliphatic rings. The Bertz CT molecular complexity index is 888. The van der Waals surface area contributed by atoms with Crippen LogP contribution in [-0.4, -0.2) is 19.2 Å². The fraction of sp³-hybridized carbons (Fsp3) is 0.176. The normalized spacial score (nSPS) is 26.4. The van der Waals surface area contributed by atoms with Crippen molar-refractivity contribution >= 4 is 15.8 Å². The van der Waals surface area contributed by atoms with E-state index in [1.54, 1.807) is 42.5 Å². The monoisotopic (exact) mass is 347 g/mol. The van der Waals surface area contributed by atoms with E-state index in [1.807, 2.05) is 6.92 Å². The Morgan fingerprint density at radius 1 is 1.08 bits per heavy atom. The second-order valence-electron chi connectivity index (χ2n) is 5.86. The quantitative estimate of drug-likeness (QED) is 0.522. The Hall–Kier alpha value is -2.19. The van der Waals surface area contributed by atoms with Gasteiger partial charge in [-0.25, -0.2) is 0 Å². The zero-order valence-electron chi connectivity index (χ0n) is 13.2. The molecule has 0 saturated heterocycles. The largest absolute Gasteiger partial charge is 0.620 e. The zero-order valence-corrected chi connectivity index (χ0v) is 14.0. The van der Waals surface area contributed by atoms with Gasteiger partial charge in [0.1, 0.15) is 10.6 Å². The molecule has 3 rings (SSSR count). The van der Waals surface area contributed by atoms with Gasteiger partial charge in [0, 0.05) is 6.92 Å². The molecule has 0 spiro atoms. The predicted molar refractivity (Wildman–Crippen MR) is 89.8 cm³/mol. The Labute approximate surface area is 140 Å². The average molecular weight is 347 g/mol. The standard InChI is InChI=1S/C17H17NO5S/c1-13-8-10-15(11-9-13)24(21,22)23-16-12-18(20,17(16,2)19)14-6-4-3-5-7-14/h3-12,19H,1-2H3. The summed E-state index contributed by atoms with van der Waals surface area (Å²) in [6, 6.07) is 14.3. The summed E-state index contributed by atoms with van der Waals surface area (Å²) in [5.74, 6) is -0.290. The summed E-state index contributed by atoms with van der Waals surface area (Å²) < 4.78 is 28.4.